The van der Waals surface area contributed by atoms with Gasteiger partial charge in [-0.15, -0.1) is 11.3 Å². The van der Waals surface area contributed by atoms with Crippen molar-refractivity contribution >= 4 is 48.1 Å². The summed E-state index contributed by atoms with van der Waals surface area (Å²) in [7, 11) is 4.43. The lowest BCUT2D eigenvalue weighted by atomic mass is 9.73. The van der Waals surface area contributed by atoms with Gasteiger partial charge < -0.3 is 18.9 Å². The van der Waals surface area contributed by atoms with Gasteiger partial charge in [-0.3, -0.25) is 9.59 Å². The smallest absolute Gasteiger partial charge is 0.309 e. The number of thiazole rings is 1. The van der Waals surface area contributed by atoms with Gasteiger partial charge in [0.05, 0.1) is 46.9 Å². The van der Waals surface area contributed by atoms with Gasteiger partial charge in [-0.1, -0.05) is 39.2 Å². The van der Waals surface area contributed by atoms with Crippen LogP contribution in [-0.4, -0.2) is 52.3 Å². The predicted octanol–water partition coefficient (Wildman–Crippen LogP) is 5.99. The molecule has 9 atom stereocenters. The van der Waals surface area contributed by atoms with Crippen LogP contribution < -0.4 is 0 Å². The molecule has 1 N–H and O–H groups in total. The maximum Gasteiger partial charge on any atom is 0.309 e. The van der Waals surface area contributed by atoms with Crippen molar-refractivity contribution in [2.24, 2.45) is 22.4 Å². The van der Waals surface area contributed by atoms with Crippen LogP contribution in [0.2, 0.25) is 0 Å². The van der Waals surface area contributed by atoms with E-state index in [2.05, 4.69) is 33.9 Å². The monoisotopic (exact) mass is 600 g/mol. The number of azide groups is 1. The molecule has 0 bridgehead atoms. The van der Waals surface area contributed by atoms with Gasteiger partial charge in [0.1, 0.15) is 11.9 Å². The molecule has 39 heavy (non-hydrogen) atoms. The zero-order valence-electron chi connectivity index (χ0n) is 23.6. The summed E-state index contributed by atoms with van der Waals surface area (Å²) in [5.74, 6) is -1.12. The van der Waals surface area contributed by atoms with Crippen molar-refractivity contribution in [1.82, 2.24) is 4.98 Å². The summed E-state index contributed by atoms with van der Waals surface area (Å²) in [5.41, 5.74) is 9.63. The van der Waals surface area contributed by atoms with E-state index in [1.54, 1.807) is 13.8 Å². The molecule has 1 saturated heterocycles. The Balaban J connectivity index is 2.48. The molecule has 0 spiro atoms. The number of aliphatic hydroxyl groups excluding tert-OH is 1. The minimum absolute atomic E-state index is 0.00935. The summed E-state index contributed by atoms with van der Waals surface area (Å²) >= 11 is 1.50. The highest BCUT2D eigenvalue weighted by Crippen LogP contribution is 2.36. The minimum Gasteiger partial charge on any atom is -0.458 e. The van der Waals surface area contributed by atoms with Gasteiger partial charge in [0.15, 0.2) is 0 Å². The van der Waals surface area contributed by atoms with E-state index in [0.29, 0.717) is 24.8 Å². The largest absolute Gasteiger partial charge is 0.458 e. The zero-order chi connectivity index (χ0) is 29.3. The molecule has 1 aromatic rings. The van der Waals surface area contributed by atoms with Crippen molar-refractivity contribution in [2.45, 2.75) is 104 Å². The Kier molecular flexibility index (Phi) is 13.4. The number of carbonyl (C=O) groups excluding carboxylic acids is 2. The normalized spacial score (nSPS) is 31.8. The van der Waals surface area contributed by atoms with Gasteiger partial charge in [0.2, 0.25) is 0 Å². The van der Waals surface area contributed by atoms with Crippen molar-refractivity contribution in [3.05, 3.63) is 32.1 Å². The molecule has 0 radical (unpaired) electrons. The first kappa shape index (κ1) is 33.8. The predicted molar refractivity (Wildman–Crippen MR) is 159 cm³/mol. The number of aromatic nitrogens is 1. The van der Waals surface area contributed by atoms with Gasteiger partial charge in [0, 0.05) is 35.1 Å². The van der Waals surface area contributed by atoms with E-state index in [9.17, 15) is 20.2 Å². The second-order valence-electron chi connectivity index (χ2n) is 10.9. The summed E-state index contributed by atoms with van der Waals surface area (Å²) in [6.07, 6.45) is 0.566. The van der Waals surface area contributed by atoms with Crippen molar-refractivity contribution < 1.29 is 28.5 Å². The molecule has 1 fully saturated rings. The molecule has 8 unspecified atom stereocenters. The molecule has 1 aliphatic heterocycles. The first-order valence-corrected chi connectivity index (χ1v) is 14.9. The number of Topliss-reactive ketones (excluding diaryl/α,β-unsaturated/α-hetero) is 1. The van der Waals surface area contributed by atoms with Gasteiger partial charge >= 0.3 is 5.97 Å². The van der Waals surface area contributed by atoms with Gasteiger partial charge in [-0.25, -0.2) is 4.98 Å². The second-order valence-corrected chi connectivity index (χ2v) is 12.6. The third-order valence-corrected chi connectivity index (χ3v) is 9.07. The average Bonchev–Trinajstić information content (AvgIpc) is 3.29. The van der Waals surface area contributed by atoms with Crippen LogP contribution in [0.4, 0.5) is 0 Å². The summed E-state index contributed by atoms with van der Waals surface area (Å²) < 4.78 is 17.2. The molecule has 10 nitrogen and oxygen atoms in total. The number of cyclic esters (lactones) is 1. The van der Waals surface area contributed by atoms with E-state index in [1.165, 1.54) is 11.3 Å². The van der Waals surface area contributed by atoms with E-state index in [4.69, 9.17) is 13.8 Å². The van der Waals surface area contributed by atoms with Crippen LogP contribution in [0, 0.1) is 24.2 Å². The number of rotatable bonds is 5. The van der Waals surface area contributed by atoms with E-state index in [0.717, 1.165) is 10.7 Å². The average molecular weight is 601 g/mol. The van der Waals surface area contributed by atoms with Gasteiger partial charge in [-0.05, 0) is 56.2 Å². The molecule has 218 valence electrons. The number of nitrogens with zero attached hydrogens (tertiary/aromatic N) is 4. The van der Waals surface area contributed by atoms with Crippen molar-refractivity contribution in [1.29, 1.82) is 0 Å². The topological polar surface area (TPSA) is 144 Å². The number of hydrogen-bond donors (Lipinski definition) is 1. The minimum atomic E-state index is -1.01. The molecule has 2 heterocycles. The zero-order valence-corrected chi connectivity index (χ0v) is 26.7. The Morgan fingerprint density at radius 3 is 2.56 bits per heavy atom. The van der Waals surface area contributed by atoms with Crippen LogP contribution >= 0.6 is 30.3 Å². The highest BCUT2D eigenvalue weighted by molar-refractivity contribution is 7.10. The summed E-state index contributed by atoms with van der Waals surface area (Å²) in [4.78, 5) is 34.3. The molecule has 0 aliphatic carbocycles. The fraction of sp³-hybridized carbons (Fsp3) is 0.731. The summed E-state index contributed by atoms with van der Waals surface area (Å²) in [6, 6.07) is -0.809. The number of carbonyl (C=O) groups is 2. The van der Waals surface area contributed by atoms with Crippen molar-refractivity contribution in [2.75, 3.05) is 0 Å². The molecule has 1 aliphatic rings. The Morgan fingerprint density at radius 2 is 2.00 bits per heavy atom. The summed E-state index contributed by atoms with van der Waals surface area (Å²) in [5, 5.41) is 17.6. The Bertz CT molecular complexity index is 1060. The van der Waals surface area contributed by atoms with Crippen LogP contribution in [0.25, 0.3) is 16.5 Å². The number of ketones is 1. The molecular weight excluding hydrogens is 558 g/mol. The Labute approximate surface area is 239 Å². The SMILES string of the molecule is C/C(=C\c1csc(C)n1)C1CC(N=[N+]=[N-])C(O)CCCC(C)C(OP)C(C)C(=O)C(C)(C)[C@@H](OP)CC(=O)O1. The molecule has 0 aromatic carbocycles. The first-order chi connectivity index (χ1) is 18.3. The maximum absolute atomic E-state index is 13.7. The van der Waals surface area contributed by atoms with E-state index >= 15 is 0 Å². The standard InChI is InChI=1S/C26H42N4O6P2S/c1-14-8-7-9-20(31)19(29-30-27)11-21(15(2)10-18-13-39-17(4)28-18)34-23(32)12-22(35-37)26(5,6)25(33)16(3)24(14)36-38/h10,13-14,16,19-22,24,31H,7-9,11-12,37-38H2,1-6H3/b15-10+/t14?,16?,19?,20?,21?,22-,24?/m0/s1. The Morgan fingerprint density at radius 1 is 1.31 bits per heavy atom. The van der Waals surface area contributed by atoms with Gasteiger partial charge in [-0.2, -0.15) is 0 Å². The molecule has 0 amide bonds. The molecule has 2 rings (SSSR count). The van der Waals surface area contributed by atoms with Crippen molar-refractivity contribution in [3.63, 3.8) is 0 Å². The molecule has 0 saturated carbocycles. The maximum atomic E-state index is 13.7. The fourth-order valence-corrected chi connectivity index (χ4v) is 6.65. The van der Waals surface area contributed by atoms with E-state index < -0.39 is 41.7 Å². The number of hydrogen-bond acceptors (Lipinski definition) is 9. The van der Waals surface area contributed by atoms with Gasteiger partial charge in [0.25, 0.3) is 0 Å². The van der Waals surface area contributed by atoms with Crippen LogP contribution in [0.15, 0.2) is 16.1 Å². The highest BCUT2D eigenvalue weighted by atomic mass is 32.1. The first-order valence-electron chi connectivity index (χ1n) is 13.1. The van der Waals surface area contributed by atoms with Crippen LogP contribution in [0.3, 0.4) is 0 Å². The quantitative estimate of drug-likeness (QED) is 0.144. The lowest BCUT2D eigenvalue weighted by molar-refractivity contribution is -0.153. The fourth-order valence-electron chi connectivity index (χ4n) is 5.14. The third-order valence-electron chi connectivity index (χ3n) is 7.63. The van der Waals surface area contributed by atoms with E-state index in [1.807, 2.05) is 39.2 Å². The van der Waals surface area contributed by atoms with E-state index in [-0.39, 0.29) is 30.6 Å². The van der Waals surface area contributed by atoms with Crippen LogP contribution in [0.5, 0.6) is 0 Å². The lowest BCUT2D eigenvalue weighted by Gasteiger charge is -2.37. The molecular formula is C26H42N4O6P2S. The number of ether oxygens (including phenoxy) is 1. The number of aryl methyl sites for hydroxylation is 1. The summed E-state index contributed by atoms with van der Waals surface area (Å²) in [6.45, 7) is 11.1. The Hall–Kier alpha value is -1.44. The lowest BCUT2D eigenvalue weighted by Crippen LogP contribution is -2.46. The van der Waals surface area contributed by atoms with Crippen LogP contribution in [0.1, 0.15) is 77.4 Å². The molecule has 13 heteroatoms. The third kappa shape index (κ3) is 9.29. The highest BCUT2D eigenvalue weighted by Gasteiger charge is 2.44. The second kappa shape index (κ2) is 15.5. The molecule has 1 aromatic heterocycles. The number of esters is 1. The van der Waals surface area contributed by atoms with Crippen molar-refractivity contribution in [3.8, 4) is 0 Å². The number of aliphatic hydroxyl groups is 1. The van der Waals surface area contributed by atoms with Crippen LogP contribution in [-0.2, 0) is 23.4 Å².